The molecule has 2 aromatic carbocycles. The molecule has 0 amide bonds. The smallest absolute Gasteiger partial charge is 0.145 e. The maximum absolute atomic E-state index is 13.2. The van der Waals surface area contributed by atoms with Crippen molar-refractivity contribution >= 4 is 5.71 Å². The molecule has 0 aliphatic carbocycles. The highest BCUT2D eigenvalue weighted by Crippen LogP contribution is 2.20. The third-order valence-electron chi connectivity index (χ3n) is 5.09. The molecule has 0 fully saturated rings. The van der Waals surface area contributed by atoms with Crippen molar-refractivity contribution in [3.05, 3.63) is 78.1 Å². The van der Waals surface area contributed by atoms with Gasteiger partial charge in [-0.25, -0.2) is 4.39 Å². The zero-order chi connectivity index (χ0) is 21.3. The lowest BCUT2D eigenvalue weighted by Crippen LogP contribution is -2.37. The molecule has 5 nitrogen and oxygen atoms in total. The molecular formula is C24H29FN2O3. The summed E-state index contributed by atoms with van der Waals surface area (Å²) in [5.74, 6) is 0.534. The third-order valence-corrected chi connectivity index (χ3v) is 5.09. The Balaban J connectivity index is 1.64. The zero-order valence-corrected chi connectivity index (χ0v) is 17.3. The van der Waals surface area contributed by atoms with Crippen molar-refractivity contribution in [2.24, 2.45) is 5.16 Å². The number of aliphatic hydroxyl groups excluding tert-OH is 1. The SMILES string of the molecule is C=CCC[C@@H](O)CN(Cc1cccc(OC)c1)C[C@H]1CC(c2ccc(F)cc2)=NO1. The van der Waals surface area contributed by atoms with Crippen molar-refractivity contribution in [1.29, 1.82) is 0 Å². The van der Waals surface area contributed by atoms with E-state index >= 15 is 0 Å². The molecule has 0 unspecified atom stereocenters. The average Bonchev–Trinajstić information content (AvgIpc) is 3.21. The van der Waals surface area contributed by atoms with Gasteiger partial charge in [0.2, 0.25) is 0 Å². The van der Waals surface area contributed by atoms with E-state index in [4.69, 9.17) is 9.57 Å². The average molecular weight is 413 g/mol. The quantitative estimate of drug-likeness (QED) is 0.563. The number of allylic oxidation sites excluding steroid dienone is 1. The van der Waals surface area contributed by atoms with Crippen LogP contribution in [0.4, 0.5) is 4.39 Å². The number of methoxy groups -OCH3 is 1. The number of rotatable bonds is 11. The van der Waals surface area contributed by atoms with Gasteiger partial charge < -0.3 is 14.7 Å². The highest BCUT2D eigenvalue weighted by molar-refractivity contribution is 6.01. The highest BCUT2D eigenvalue weighted by Gasteiger charge is 2.25. The second kappa shape index (κ2) is 10.9. The van der Waals surface area contributed by atoms with Crippen LogP contribution in [0, 0.1) is 5.82 Å². The largest absolute Gasteiger partial charge is 0.497 e. The van der Waals surface area contributed by atoms with Crippen molar-refractivity contribution in [3.8, 4) is 5.75 Å². The van der Waals surface area contributed by atoms with Crippen LogP contribution in [0.3, 0.4) is 0 Å². The number of nitrogens with zero attached hydrogens (tertiary/aromatic N) is 2. The van der Waals surface area contributed by atoms with Crippen LogP contribution in [0.25, 0.3) is 0 Å². The normalized spacial score (nSPS) is 16.8. The van der Waals surface area contributed by atoms with Crippen molar-refractivity contribution in [2.45, 2.75) is 38.0 Å². The Morgan fingerprint density at radius 1 is 1.33 bits per heavy atom. The van der Waals surface area contributed by atoms with E-state index in [-0.39, 0.29) is 11.9 Å². The van der Waals surface area contributed by atoms with Crippen LogP contribution in [0.15, 0.2) is 66.3 Å². The minimum absolute atomic E-state index is 0.123. The minimum Gasteiger partial charge on any atom is -0.497 e. The Bertz CT molecular complexity index is 854. The highest BCUT2D eigenvalue weighted by atomic mass is 19.1. The number of ether oxygens (including phenoxy) is 1. The molecule has 30 heavy (non-hydrogen) atoms. The van der Waals surface area contributed by atoms with Crippen molar-refractivity contribution < 1.29 is 19.1 Å². The van der Waals surface area contributed by atoms with Crippen LogP contribution in [0.1, 0.15) is 30.4 Å². The number of hydrogen-bond acceptors (Lipinski definition) is 5. The lowest BCUT2D eigenvalue weighted by Gasteiger charge is -2.27. The van der Waals surface area contributed by atoms with Gasteiger partial charge in [0.05, 0.1) is 18.9 Å². The fourth-order valence-corrected chi connectivity index (χ4v) is 3.56. The molecule has 0 bridgehead atoms. The number of oxime groups is 1. The molecule has 1 heterocycles. The molecule has 1 aliphatic heterocycles. The number of benzene rings is 2. The topological polar surface area (TPSA) is 54.3 Å². The maximum atomic E-state index is 13.2. The second-order valence-electron chi connectivity index (χ2n) is 7.54. The Labute approximate surface area is 177 Å². The van der Waals surface area contributed by atoms with Crippen LogP contribution in [0.2, 0.25) is 0 Å². The fraction of sp³-hybridized carbons (Fsp3) is 0.375. The molecule has 6 heteroatoms. The summed E-state index contributed by atoms with van der Waals surface area (Å²) in [7, 11) is 1.65. The lowest BCUT2D eigenvalue weighted by molar-refractivity contribution is 0.0308. The third kappa shape index (κ3) is 6.40. The maximum Gasteiger partial charge on any atom is 0.145 e. The lowest BCUT2D eigenvalue weighted by atomic mass is 10.0. The Hall–Kier alpha value is -2.70. The van der Waals surface area contributed by atoms with E-state index in [2.05, 4.69) is 16.6 Å². The molecule has 0 spiro atoms. The van der Waals surface area contributed by atoms with Crippen LogP contribution in [-0.2, 0) is 11.4 Å². The van der Waals surface area contributed by atoms with Gasteiger partial charge in [-0.1, -0.05) is 35.5 Å². The van der Waals surface area contributed by atoms with Gasteiger partial charge in [-0.2, -0.15) is 0 Å². The summed E-state index contributed by atoms with van der Waals surface area (Å²) in [6.45, 7) is 5.53. The molecule has 1 N–H and O–H groups in total. The van der Waals surface area contributed by atoms with Gasteiger partial charge in [-0.15, -0.1) is 6.58 Å². The number of hydrogen-bond donors (Lipinski definition) is 1. The molecule has 0 aromatic heterocycles. The van der Waals surface area contributed by atoms with Crippen molar-refractivity contribution in [3.63, 3.8) is 0 Å². The van der Waals surface area contributed by atoms with Gasteiger partial charge in [0, 0.05) is 26.1 Å². The molecular weight excluding hydrogens is 383 g/mol. The Morgan fingerprint density at radius 3 is 2.87 bits per heavy atom. The summed E-state index contributed by atoms with van der Waals surface area (Å²) >= 11 is 0. The number of halogens is 1. The molecule has 2 atom stereocenters. The predicted molar refractivity (Wildman–Crippen MR) is 116 cm³/mol. The minimum atomic E-state index is -0.451. The van der Waals surface area contributed by atoms with Gasteiger partial charge in [0.25, 0.3) is 0 Å². The molecule has 0 saturated carbocycles. The fourth-order valence-electron chi connectivity index (χ4n) is 3.56. The van der Waals surface area contributed by atoms with E-state index < -0.39 is 6.10 Å². The van der Waals surface area contributed by atoms with Crippen LogP contribution < -0.4 is 4.74 Å². The van der Waals surface area contributed by atoms with Crippen molar-refractivity contribution in [1.82, 2.24) is 4.90 Å². The Kier molecular flexibility index (Phi) is 7.99. The Morgan fingerprint density at radius 2 is 2.13 bits per heavy atom. The standard InChI is InChI=1S/C24H29FN2O3/c1-3-4-7-21(28)16-27(15-18-6-5-8-22(13-18)29-2)17-23-14-24(26-30-23)19-9-11-20(25)12-10-19/h3,5-6,8-13,21,23,28H,1,4,7,14-17H2,2H3/t21-,23-/m1/s1. The predicted octanol–water partition coefficient (Wildman–Crippen LogP) is 4.16. The van der Waals surface area contributed by atoms with E-state index in [0.29, 0.717) is 32.5 Å². The molecule has 0 radical (unpaired) electrons. The van der Waals surface area contributed by atoms with E-state index in [9.17, 15) is 9.50 Å². The number of aliphatic hydroxyl groups is 1. The molecule has 0 saturated heterocycles. The summed E-state index contributed by atoms with van der Waals surface area (Å²) in [6.07, 6.45) is 3.32. The monoisotopic (exact) mass is 412 g/mol. The van der Waals surface area contributed by atoms with Crippen LogP contribution in [-0.4, -0.2) is 48.1 Å². The summed E-state index contributed by atoms with van der Waals surface area (Å²) in [5.41, 5.74) is 2.78. The van der Waals surface area contributed by atoms with E-state index in [0.717, 1.165) is 29.0 Å². The van der Waals surface area contributed by atoms with E-state index in [1.54, 1.807) is 19.2 Å². The first-order chi connectivity index (χ1) is 14.6. The van der Waals surface area contributed by atoms with Gasteiger partial charge in [0.1, 0.15) is 17.7 Å². The molecule has 2 aromatic rings. The molecule has 160 valence electrons. The summed E-state index contributed by atoms with van der Waals surface area (Å²) in [4.78, 5) is 7.83. The summed E-state index contributed by atoms with van der Waals surface area (Å²) in [6, 6.07) is 14.2. The van der Waals surface area contributed by atoms with E-state index in [1.165, 1.54) is 12.1 Å². The molecule has 1 aliphatic rings. The summed E-state index contributed by atoms with van der Waals surface area (Å²) < 4.78 is 18.5. The molecule has 3 rings (SSSR count). The van der Waals surface area contributed by atoms with Gasteiger partial charge >= 0.3 is 0 Å². The van der Waals surface area contributed by atoms with Crippen LogP contribution >= 0.6 is 0 Å². The van der Waals surface area contributed by atoms with E-state index in [1.807, 2.05) is 30.3 Å². The van der Waals surface area contributed by atoms with Crippen LogP contribution in [0.5, 0.6) is 5.75 Å². The first-order valence-corrected chi connectivity index (χ1v) is 10.2. The summed E-state index contributed by atoms with van der Waals surface area (Å²) in [5, 5.41) is 14.6. The van der Waals surface area contributed by atoms with Gasteiger partial charge in [0.15, 0.2) is 0 Å². The second-order valence-corrected chi connectivity index (χ2v) is 7.54. The first-order valence-electron chi connectivity index (χ1n) is 10.2. The zero-order valence-electron chi connectivity index (χ0n) is 17.3. The van der Waals surface area contributed by atoms with Gasteiger partial charge in [-0.05, 0) is 48.2 Å². The van der Waals surface area contributed by atoms with Gasteiger partial charge in [-0.3, -0.25) is 4.90 Å². The first kappa shape index (κ1) is 22.0. The van der Waals surface area contributed by atoms with Crippen molar-refractivity contribution in [2.75, 3.05) is 20.2 Å².